The maximum atomic E-state index is 9.60. The van der Waals surface area contributed by atoms with Crippen LogP contribution < -0.4 is 0 Å². The van der Waals surface area contributed by atoms with E-state index in [-0.39, 0.29) is 0 Å². The summed E-state index contributed by atoms with van der Waals surface area (Å²) in [6.07, 6.45) is 0. The van der Waals surface area contributed by atoms with Crippen LogP contribution >= 0.6 is 0 Å². The SMILES string of the molecule is CC(C)c1ccc(C(C)C)c(C(C)C)c1-c1ccc(O)cc1. The van der Waals surface area contributed by atoms with Crippen molar-refractivity contribution in [2.24, 2.45) is 0 Å². The molecule has 0 atom stereocenters. The van der Waals surface area contributed by atoms with Crippen molar-refractivity contribution in [3.63, 3.8) is 0 Å². The molecule has 0 heterocycles. The average Bonchev–Trinajstić information content (AvgIpc) is 2.46. The van der Waals surface area contributed by atoms with Gasteiger partial charge in [0.2, 0.25) is 0 Å². The van der Waals surface area contributed by atoms with Crippen LogP contribution in [0.15, 0.2) is 36.4 Å². The van der Waals surface area contributed by atoms with E-state index in [1.54, 1.807) is 12.1 Å². The first-order valence-corrected chi connectivity index (χ1v) is 8.29. The van der Waals surface area contributed by atoms with E-state index in [4.69, 9.17) is 0 Å². The first-order chi connectivity index (χ1) is 10.3. The quantitative estimate of drug-likeness (QED) is 0.689. The summed E-state index contributed by atoms with van der Waals surface area (Å²) in [5, 5.41) is 9.60. The highest BCUT2D eigenvalue weighted by Crippen LogP contribution is 2.40. The third-order valence-electron chi connectivity index (χ3n) is 4.29. The van der Waals surface area contributed by atoms with Crippen molar-refractivity contribution < 1.29 is 5.11 Å². The molecule has 0 radical (unpaired) electrons. The Morgan fingerprint density at radius 1 is 0.636 bits per heavy atom. The fraction of sp³-hybridized carbons (Fsp3) is 0.429. The van der Waals surface area contributed by atoms with Gasteiger partial charge in [-0.2, -0.15) is 0 Å². The lowest BCUT2D eigenvalue weighted by Crippen LogP contribution is -2.05. The second-order valence-electron chi connectivity index (χ2n) is 7.04. The van der Waals surface area contributed by atoms with E-state index < -0.39 is 0 Å². The van der Waals surface area contributed by atoms with Crippen molar-refractivity contribution in [2.45, 2.75) is 59.3 Å². The van der Waals surface area contributed by atoms with Crippen LogP contribution in [0.3, 0.4) is 0 Å². The first kappa shape index (κ1) is 16.6. The number of hydrogen-bond acceptors (Lipinski definition) is 1. The highest BCUT2D eigenvalue weighted by molar-refractivity contribution is 5.74. The van der Waals surface area contributed by atoms with Crippen molar-refractivity contribution in [3.05, 3.63) is 53.1 Å². The van der Waals surface area contributed by atoms with E-state index in [0.717, 1.165) is 0 Å². The van der Waals surface area contributed by atoms with Gasteiger partial charge in [0, 0.05) is 0 Å². The molecule has 0 aromatic heterocycles. The zero-order valence-corrected chi connectivity index (χ0v) is 14.6. The standard InChI is InChI=1S/C21H28O/c1-13(2)18-11-12-19(14(3)4)21(20(18)15(5)6)16-7-9-17(22)10-8-16/h7-15,22H,1-6H3. The maximum Gasteiger partial charge on any atom is 0.115 e. The minimum atomic E-state index is 0.320. The highest BCUT2D eigenvalue weighted by atomic mass is 16.3. The number of benzene rings is 2. The summed E-state index contributed by atoms with van der Waals surface area (Å²) < 4.78 is 0. The molecular weight excluding hydrogens is 268 g/mol. The molecule has 1 N–H and O–H groups in total. The lowest BCUT2D eigenvalue weighted by Gasteiger charge is -2.25. The van der Waals surface area contributed by atoms with Crippen LogP contribution in [-0.2, 0) is 0 Å². The molecule has 0 saturated carbocycles. The van der Waals surface area contributed by atoms with Crippen LogP contribution in [0, 0.1) is 0 Å². The first-order valence-electron chi connectivity index (χ1n) is 8.29. The number of aromatic hydroxyl groups is 1. The van der Waals surface area contributed by atoms with Gasteiger partial charge in [-0.15, -0.1) is 0 Å². The average molecular weight is 296 g/mol. The summed E-state index contributed by atoms with van der Waals surface area (Å²) in [5.74, 6) is 1.78. The van der Waals surface area contributed by atoms with Gasteiger partial charge in [-0.25, -0.2) is 0 Å². The predicted molar refractivity (Wildman–Crippen MR) is 95.8 cm³/mol. The summed E-state index contributed by atoms with van der Waals surface area (Å²) in [7, 11) is 0. The van der Waals surface area contributed by atoms with E-state index in [0.29, 0.717) is 23.5 Å². The predicted octanol–water partition coefficient (Wildman–Crippen LogP) is 6.43. The molecule has 0 amide bonds. The van der Waals surface area contributed by atoms with Gasteiger partial charge >= 0.3 is 0 Å². The lowest BCUT2D eigenvalue weighted by atomic mass is 9.80. The zero-order valence-electron chi connectivity index (χ0n) is 14.6. The minimum Gasteiger partial charge on any atom is -0.508 e. The normalized spacial score (nSPS) is 11.7. The van der Waals surface area contributed by atoms with E-state index >= 15 is 0 Å². The molecule has 2 aromatic carbocycles. The molecule has 0 saturated heterocycles. The molecule has 0 aliphatic heterocycles. The lowest BCUT2D eigenvalue weighted by molar-refractivity contribution is 0.475. The molecule has 0 spiro atoms. The molecule has 2 aromatic rings. The van der Waals surface area contributed by atoms with Gasteiger partial charge in [0.05, 0.1) is 0 Å². The number of hydrogen-bond donors (Lipinski definition) is 1. The number of phenolic OH excluding ortho intramolecular Hbond substituents is 1. The van der Waals surface area contributed by atoms with Crippen molar-refractivity contribution in [1.29, 1.82) is 0 Å². The van der Waals surface area contributed by atoms with Crippen LogP contribution in [0.25, 0.3) is 11.1 Å². The summed E-state index contributed by atoms with van der Waals surface area (Å²) >= 11 is 0. The van der Waals surface area contributed by atoms with Gasteiger partial charge in [-0.1, -0.05) is 65.8 Å². The molecule has 1 heteroatoms. The molecule has 118 valence electrons. The molecule has 0 unspecified atom stereocenters. The van der Waals surface area contributed by atoms with Crippen molar-refractivity contribution >= 4 is 0 Å². The summed E-state index contributed by atoms with van der Waals surface area (Å²) in [6, 6.07) is 12.2. The van der Waals surface area contributed by atoms with Gasteiger partial charge in [-0.3, -0.25) is 0 Å². The van der Waals surface area contributed by atoms with E-state index in [9.17, 15) is 5.11 Å². The molecule has 0 bridgehead atoms. The second kappa shape index (κ2) is 6.56. The topological polar surface area (TPSA) is 20.2 Å². The van der Waals surface area contributed by atoms with Crippen molar-refractivity contribution in [3.8, 4) is 16.9 Å². The van der Waals surface area contributed by atoms with Gasteiger partial charge in [-0.05, 0) is 57.7 Å². The van der Waals surface area contributed by atoms with Gasteiger partial charge in [0.15, 0.2) is 0 Å². The van der Waals surface area contributed by atoms with Gasteiger partial charge in [0.1, 0.15) is 5.75 Å². The smallest absolute Gasteiger partial charge is 0.115 e. The van der Waals surface area contributed by atoms with Crippen LogP contribution in [0.1, 0.15) is 76.0 Å². The highest BCUT2D eigenvalue weighted by Gasteiger charge is 2.20. The number of rotatable bonds is 4. The Labute approximate surface area is 135 Å². The Balaban J connectivity index is 2.81. The van der Waals surface area contributed by atoms with Crippen molar-refractivity contribution in [1.82, 2.24) is 0 Å². The van der Waals surface area contributed by atoms with Crippen LogP contribution in [0.2, 0.25) is 0 Å². The summed E-state index contributed by atoms with van der Waals surface area (Å²) in [4.78, 5) is 0. The fourth-order valence-corrected chi connectivity index (χ4v) is 3.21. The fourth-order valence-electron chi connectivity index (χ4n) is 3.21. The molecule has 0 fully saturated rings. The third-order valence-corrected chi connectivity index (χ3v) is 4.29. The van der Waals surface area contributed by atoms with E-state index in [2.05, 4.69) is 53.7 Å². The monoisotopic (exact) mass is 296 g/mol. The Morgan fingerprint density at radius 3 is 1.59 bits per heavy atom. The van der Waals surface area contributed by atoms with E-state index in [1.807, 2.05) is 12.1 Å². The summed E-state index contributed by atoms with van der Waals surface area (Å²) in [6.45, 7) is 13.6. The molecule has 0 aliphatic carbocycles. The molecule has 0 aliphatic rings. The Kier molecular flexibility index (Phi) is 4.95. The Morgan fingerprint density at radius 2 is 1.14 bits per heavy atom. The van der Waals surface area contributed by atoms with Crippen LogP contribution in [0.5, 0.6) is 5.75 Å². The second-order valence-corrected chi connectivity index (χ2v) is 7.04. The van der Waals surface area contributed by atoms with Crippen LogP contribution in [-0.4, -0.2) is 5.11 Å². The largest absolute Gasteiger partial charge is 0.508 e. The van der Waals surface area contributed by atoms with Crippen LogP contribution in [0.4, 0.5) is 0 Å². The minimum absolute atomic E-state index is 0.320. The third kappa shape index (κ3) is 3.19. The van der Waals surface area contributed by atoms with Crippen molar-refractivity contribution in [2.75, 3.05) is 0 Å². The summed E-state index contributed by atoms with van der Waals surface area (Å²) in [5.41, 5.74) is 6.83. The number of phenols is 1. The van der Waals surface area contributed by atoms with E-state index in [1.165, 1.54) is 27.8 Å². The van der Waals surface area contributed by atoms with Gasteiger partial charge < -0.3 is 5.11 Å². The van der Waals surface area contributed by atoms with Gasteiger partial charge in [0.25, 0.3) is 0 Å². The molecular formula is C21H28O. The Bertz CT molecular complexity index is 634. The maximum absolute atomic E-state index is 9.60. The Hall–Kier alpha value is -1.76. The zero-order chi connectivity index (χ0) is 16.4. The molecule has 2 rings (SSSR count). The molecule has 1 nitrogen and oxygen atoms in total. The molecule has 22 heavy (non-hydrogen) atoms.